The normalized spacial score (nSPS) is 22.7. The molecule has 3 rings (SSSR count). The Bertz CT molecular complexity index is 1170. The predicted octanol–water partition coefficient (Wildman–Crippen LogP) is 1.88. The lowest BCUT2D eigenvalue weighted by atomic mass is 9.97. The van der Waals surface area contributed by atoms with Gasteiger partial charge in [-0.3, -0.25) is 23.7 Å². The van der Waals surface area contributed by atoms with Crippen LogP contribution in [0.15, 0.2) is 48.1 Å². The van der Waals surface area contributed by atoms with E-state index in [-0.39, 0.29) is 6.61 Å². The maximum atomic E-state index is 12.2. The number of amides is 1. The summed E-state index contributed by atoms with van der Waals surface area (Å²) in [6, 6.07) is 8.47. The molecule has 1 saturated heterocycles. The third kappa shape index (κ3) is 7.42. The van der Waals surface area contributed by atoms with Crippen molar-refractivity contribution in [3.8, 4) is 11.4 Å². The Hall–Kier alpha value is -3.71. The predicted molar refractivity (Wildman–Crippen MR) is 136 cm³/mol. The van der Waals surface area contributed by atoms with E-state index in [2.05, 4.69) is 22.1 Å². The molecule has 2 heterocycles. The molecule has 0 saturated carbocycles. The van der Waals surface area contributed by atoms with Crippen LogP contribution in [0, 0.1) is 0 Å². The minimum absolute atomic E-state index is 0.288. The molecule has 1 aliphatic rings. The van der Waals surface area contributed by atoms with Crippen molar-refractivity contribution in [3.63, 3.8) is 0 Å². The van der Waals surface area contributed by atoms with E-state index in [0.717, 1.165) is 17.3 Å². The number of ether oxygens (including phenoxy) is 4. The quantitative estimate of drug-likeness (QED) is 0.264. The maximum absolute atomic E-state index is 12.2. The van der Waals surface area contributed by atoms with E-state index in [9.17, 15) is 19.2 Å². The minimum Gasteiger partial charge on any atom is -0.463 e. The summed E-state index contributed by atoms with van der Waals surface area (Å²) < 4.78 is 24.2. The van der Waals surface area contributed by atoms with E-state index in [1.807, 2.05) is 34.9 Å². The molecule has 12 nitrogen and oxygen atoms in total. The molecule has 0 bridgehead atoms. The molecule has 1 fully saturated rings. The Kier molecular flexibility index (Phi) is 10.0. The molecule has 204 valence electrons. The minimum atomic E-state index is -1.17. The Morgan fingerprint density at radius 1 is 1.03 bits per heavy atom. The van der Waals surface area contributed by atoms with Gasteiger partial charge >= 0.3 is 17.9 Å². The zero-order valence-corrected chi connectivity index (χ0v) is 22.3. The Morgan fingerprint density at radius 2 is 1.68 bits per heavy atom. The first kappa shape index (κ1) is 28.9. The second kappa shape index (κ2) is 13.2. The largest absolute Gasteiger partial charge is 0.463 e. The van der Waals surface area contributed by atoms with Crippen LogP contribution < -0.4 is 5.32 Å². The van der Waals surface area contributed by atoms with Gasteiger partial charge in [0.1, 0.15) is 24.2 Å². The summed E-state index contributed by atoms with van der Waals surface area (Å²) in [4.78, 5) is 47.7. The van der Waals surface area contributed by atoms with Crippen LogP contribution in [0.2, 0.25) is 0 Å². The van der Waals surface area contributed by atoms with Gasteiger partial charge in [0, 0.05) is 39.8 Å². The van der Waals surface area contributed by atoms with Crippen LogP contribution in [0.1, 0.15) is 27.7 Å². The van der Waals surface area contributed by atoms with Crippen molar-refractivity contribution < 1.29 is 38.1 Å². The molecule has 5 atom stereocenters. The van der Waals surface area contributed by atoms with Crippen molar-refractivity contribution >= 4 is 35.6 Å². The standard InChI is InChI=1S/C25H30N4O8S/c1-6-12-29-23(18-10-8-7-9-11-18)27-28-25(29)38-24-20(26-14(2)30)22(36-17(5)33)21(35-16(4)32)19(37-24)13-34-15(3)31/h6-11,19-22,24H,1,12-13H2,2-5H3,(H,26,30)/t19-,20+,21+,22+,24+/m0/s1. The lowest BCUT2D eigenvalue weighted by Crippen LogP contribution is -2.65. The van der Waals surface area contributed by atoms with Crippen LogP contribution in [0.5, 0.6) is 0 Å². The molecular formula is C25H30N4O8S. The second-order valence-electron chi connectivity index (χ2n) is 8.41. The molecule has 38 heavy (non-hydrogen) atoms. The highest BCUT2D eigenvalue weighted by Gasteiger charge is 2.51. The number of carbonyl (C=O) groups excluding carboxylic acids is 4. The highest BCUT2D eigenvalue weighted by atomic mass is 32.2. The molecule has 1 aromatic carbocycles. The molecule has 1 aliphatic heterocycles. The van der Waals surface area contributed by atoms with Crippen LogP contribution in [0.4, 0.5) is 0 Å². The smallest absolute Gasteiger partial charge is 0.303 e. The number of nitrogens with one attached hydrogen (secondary N) is 1. The SMILES string of the molecule is C=CCn1c(S[C@H]2O[C@@H](COC(C)=O)[C@@H](OC(C)=O)[C@H](OC(C)=O)[C@H]2NC(C)=O)nnc1-c1ccccc1. The topological polar surface area (TPSA) is 148 Å². The van der Waals surface area contributed by atoms with E-state index in [1.165, 1.54) is 27.7 Å². The summed E-state index contributed by atoms with van der Waals surface area (Å²) in [6.45, 7) is 8.81. The summed E-state index contributed by atoms with van der Waals surface area (Å²) in [7, 11) is 0. The first-order valence-corrected chi connectivity index (χ1v) is 12.6. The van der Waals surface area contributed by atoms with Crippen molar-refractivity contribution in [1.82, 2.24) is 20.1 Å². The number of benzene rings is 1. The van der Waals surface area contributed by atoms with Gasteiger partial charge in [0.05, 0.1) is 0 Å². The number of hydrogen-bond donors (Lipinski definition) is 1. The number of rotatable bonds is 10. The Labute approximate surface area is 224 Å². The molecule has 0 aliphatic carbocycles. The highest BCUT2D eigenvalue weighted by molar-refractivity contribution is 7.99. The fraction of sp³-hybridized carbons (Fsp3) is 0.440. The number of hydrogen-bond acceptors (Lipinski definition) is 11. The molecule has 1 amide bonds. The molecule has 1 aromatic heterocycles. The van der Waals surface area contributed by atoms with Gasteiger partial charge in [-0.2, -0.15) is 0 Å². The average Bonchev–Trinajstić information content (AvgIpc) is 3.23. The van der Waals surface area contributed by atoms with Gasteiger partial charge < -0.3 is 24.3 Å². The third-order valence-electron chi connectivity index (χ3n) is 5.35. The summed E-state index contributed by atoms with van der Waals surface area (Å²) >= 11 is 1.12. The van der Waals surface area contributed by atoms with Crippen molar-refractivity contribution in [1.29, 1.82) is 0 Å². The first-order chi connectivity index (χ1) is 18.1. The van der Waals surface area contributed by atoms with E-state index in [4.69, 9.17) is 18.9 Å². The van der Waals surface area contributed by atoms with E-state index >= 15 is 0 Å². The zero-order chi connectivity index (χ0) is 27.8. The number of nitrogens with zero attached hydrogens (tertiary/aromatic N) is 3. The fourth-order valence-corrected chi connectivity index (χ4v) is 5.12. The van der Waals surface area contributed by atoms with Crippen LogP contribution in [0.3, 0.4) is 0 Å². The van der Waals surface area contributed by atoms with Gasteiger partial charge in [-0.05, 0) is 0 Å². The van der Waals surface area contributed by atoms with Crippen molar-refractivity contribution in [2.75, 3.05) is 6.61 Å². The zero-order valence-electron chi connectivity index (χ0n) is 21.5. The van der Waals surface area contributed by atoms with E-state index in [1.54, 1.807) is 6.08 Å². The van der Waals surface area contributed by atoms with Crippen molar-refractivity contribution in [2.45, 2.75) is 69.2 Å². The summed E-state index contributed by atoms with van der Waals surface area (Å²) in [5.74, 6) is -1.76. The summed E-state index contributed by atoms with van der Waals surface area (Å²) in [6.07, 6.45) is -1.65. The molecule has 1 N–H and O–H groups in total. The highest BCUT2D eigenvalue weighted by Crippen LogP contribution is 2.36. The molecule has 0 radical (unpaired) electrons. The van der Waals surface area contributed by atoms with Crippen LogP contribution in [-0.2, 0) is 44.7 Å². The van der Waals surface area contributed by atoms with Gasteiger partial charge in [0.2, 0.25) is 5.91 Å². The molecule has 0 spiro atoms. The number of aromatic nitrogens is 3. The number of carbonyl (C=O) groups is 4. The van der Waals surface area contributed by atoms with Gasteiger partial charge in [0.25, 0.3) is 0 Å². The molecule has 13 heteroatoms. The fourth-order valence-electron chi connectivity index (χ4n) is 3.97. The van der Waals surface area contributed by atoms with Gasteiger partial charge in [-0.15, -0.1) is 16.8 Å². The lowest BCUT2D eigenvalue weighted by Gasteiger charge is -2.44. The first-order valence-electron chi connectivity index (χ1n) is 11.8. The van der Waals surface area contributed by atoms with Gasteiger partial charge in [-0.25, -0.2) is 0 Å². The number of esters is 3. The van der Waals surface area contributed by atoms with Gasteiger partial charge in [0.15, 0.2) is 23.2 Å². The monoisotopic (exact) mass is 546 g/mol. The lowest BCUT2D eigenvalue weighted by molar-refractivity contribution is -0.211. The Balaban J connectivity index is 2.04. The van der Waals surface area contributed by atoms with Gasteiger partial charge in [-0.1, -0.05) is 48.2 Å². The number of allylic oxidation sites excluding steroid dienone is 1. The van der Waals surface area contributed by atoms with Crippen LogP contribution in [0.25, 0.3) is 11.4 Å². The molecular weight excluding hydrogens is 516 g/mol. The molecule has 0 unspecified atom stereocenters. The molecule has 2 aromatic rings. The second-order valence-corrected chi connectivity index (χ2v) is 9.47. The van der Waals surface area contributed by atoms with Crippen LogP contribution >= 0.6 is 11.8 Å². The van der Waals surface area contributed by atoms with Crippen LogP contribution in [-0.4, -0.2) is 75.0 Å². The average molecular weight is 547 g/mol. The van der Waals surface area contributed by atoms with Crippen molar-refractivity contribution in [2.24, 2.45) is 0 Å². The number of thioether (sulfide) groups is 1. The summed E-state index contributed by atoms with van der Waals surface area (Å²) in [5.41, 5.74) is -0.0795. The summed E-state index contributed by atoms with van der Waals surface area (Å²) in [5, 5.41) is 11.8. The van der Waals surface area contributed by atoms with Crippen molar-refractivity contribution in [3.05, 3.63) is 43.0 Å². The Morgan fingerprint density at radius 3 is 2.26 bits per heavy atom. The van der Waals surface area contributed by atoms with E-state index < -0.39 is 53.6 Å². The maximum Gasteiger partial charge on any atom is 0.303 e. The van der Waals surface area contributed by atoms with E-state index in [0.29, 0.717) is 17.5 Å². The third-order valence-corrected chi connectivity index (χ3v) is 6.50.